The Kier molecular flexibility index (Phi) is 7.19. The van der Waals surface area contributed by atoms with Crippen molar-refractivity contribution in [3.05, 3.63) is 87.9 Å². The van der Waals surface area contributed by atoms with Gasteiger partial charge in [-0.25, -0.2) is 9.59 Å². The minimum Gasteiger partial charge on any atom is -0.463 e. The second-order valence-electron chi connectivity index (χ2n) is 7.58. The van der Waals surface area contributed by atoms with Gasteiger partial charge in [0.2, 0.25) is 0 Å². The Hall–Kier alpha value is -4.05. The Morgan fingerprint density at radius 1 is 1.00 bits per heavy atom. The Morgan fingerprint density at radius 3 is 2.15 bits per heavy atom. The first-order chi connectivity index (χ1) is 15.8. The van der Waals surface area contributed by atoms with Crippen LogP contribution in [0.5, 0.6) is 0 Å². The molecule has 0 fully saturated rings. The topological polar surface area (TPSA) is 106 Å². The van der Waals surface area contributed by atoms with Crippen LogP contribution in [0, 0.1) is 18.3 Å². The van der Waals surface area contributed by atoms with E-state index in [1.54, 1.807) is 49.9 Å². The van der Waals surface area contributed by atoms with E-state index in [2.05, 4.69) is 6.07 Å². The highest BCUT2D eigenvalue weighted by Gasteiger charge is 2.41. The summed E-state index contributed by atoms with van der Waals surface area (Å²) in [5, 5.41) is 9.18. The van der Waals surface area contributed by atoms with Gasteiger partial charge in [-0.15, -0.1) is 0 Å². The molecular formula is C26H27N3O4. The van der Waals surface area contributed by atoms with Crippen LogP contribution >= 0.6 is 0 Å². The molecule has 0 spiro atoms. The second-order valence-corrected chi connectivity index (χ2v) is 7.58. The molecule has 1 unspecified atom stereocenters. The van der Waals surface area contributed by atoms with Crippen molar-refractivity contribution in [2.45, 2.75) is 33.6 Å². The molecule has 7 heteroatoms. The number of hydrogen-bond acceptors (Lipinski definition) is 7. The number of carbonyl (C=O) groups is 2. The molecule has 1 aliphatic heterocycles. The molecule has 3 rings (SSSR count). The van der Waals surface area contributed by atoms with E-state index in [-0.39, 0.29) is 24.6 Å². The van der Waals surface area contributed by atoms with E-state index in [0.29, 0.717) is 28.1 Å². The SMILES string of the molecule is CCOC(=O)C1=C(C)N(c2cccc(C)c2)C(N)=C(C(=O)OCC)C1c1ccc(C#N)cc1. The van der Waals surface area contributed by atoms with Crippen LogP contribution in [0.15, 0.2) is 71.2 Å². The zero-order chi connectivity index (χ0) is 24.1. The third kappa shape index (κ3) is 4.60. The van der Waals surface area contributed by atoms with Gasteiger partial charge in [0.05, 0.1) is 41.9 Å². The van der Waals surface area contributed by atoms with Crippen molar-refractivity contribution in [2.24, 2.45) is 5.73 Å². The summed E-state index contributed by atoms with van der Waals surface area (Å²) in [7, 11) is 0. The largest absolute Gasteiger partial charge is 0.463 e. The fourth-order valence-corrected chi connectivity index (χ4v) is 4.01. The Bertz CT molecular complexity index is 1130. The molecule has 0 aromatic heterocycles. The maximum Gasteiger partial charge on any atom is 0.338 e. The number of hydrogen-bond donors (Lipinski definition) is 1. The lowest BCUT2D eigenvalue weighted by Crippen LogP contribution is -2.39. The molecule has 33 heavy (non-hydrogen) atoms. The van der Waals surface area contributed by atoms with Crippen LogP contribution in [-0.2, 0) is 19.1 Å². The van der Waals surface area contributed by atoms with Crippen LogP contribution < -0.4 is 10.6 Å². The number of carbonyl (C=O) groups excluding carboxylic acids is 2. The number of aryl methyl sites for hydroxylation is 1. The number of nitrogens with two attached hydrogens (primary N) is 1. The quantitative estimate of drug-likeness (QED) is 0.669. The molecule has 0 radical (unpaired) electrons. The monoisotopic (exact) mass is 445 g/mol. The smallest absolute Gasteiger partial charge is 0.338 e. The van der Waals surface area contributed by atoms with Crippen LogP contribution in [0.2, 0.25) is 0 Å². The van der Waals surface area contributed by atoms with Crippen LogP contribution in [0.4, 0.5) is 5.69 Å². The minimum atomic E-state index is -0.808. The van der Waals surface area contributed by atoms with Crippen LogP contribution in [0.25, 0.3) is 0 Å². The molecule has 0 saturated heterocycles. The van der Waals surface area contributed by atoms with Gasteiger partial charge in [0.15, 0.2) is 0 Å². The fraction of sp³-hybridized carbons (Fsp3) is 0.269. The molecule has 1 atom stereocenters. The molecule has 7 nitrogen and oxygen atoms in total. The lowest BCUT2D eigenvalue weighted by Gasteiger charge is -2.37. The van der Waals surface area contributed by atoms with Gasteiger partial charge in [-0.3, -0.25) is 0 Å². The molecule has 0 bridgehead atoms. The average molecular weight is 446 g/mol. The molecule has 2 aromatic rings. The highest BCUT2D eigenvalue weighted by Crippen LogP contribution is 2.43. The van der Waals surface area contributed by atoms with E-state index in [4.69, 9.17) is 15.2 Å². The third-order valence-corrected chi connectivity index (χ3v) is 5.44. The predicted molar refractivity (Wildman–Crippen MR) is 125 cm³/mol. The Morgan fingerprint density at radius 2 is 1.61 bits per heavy atom. The summed E-state index contributed by atoms with van der Waals surface area (Å²) in [6.07, 6.45) is 0. The maximum atomic E-state index is 13.2. The number of allylic oxidation sites excluding steroid dienone is 1. The molecule has 2 aromatic carbocycles. The van der Waals surface area contributed by atoms with Gasteiger partial charge >= 0.3 is 11.9 Å². The van der Waals surface area contributed by atoms with Crippen molar-refractivity contribution in [3.63, 3.8) is 0 Å². The van der Waals surface area contributed by atoms with Gasteiger partial charge in [-0.2, -0.15) is 5.26 Å². The van der Waals surface area contributed by atoms with Gasteiger partial charge in [0.25, 0.3) is 0 Å². The summed E-state index contributed by atoms with van der Waals surface area (Å²) in [6.45, 7) is 7.48. The average Bonchev–Trinajstić information content (AvgIpc) is 2.79. The van der Waals surface area contributed by atoms with Crippen molar-refractivity contribution < 1.29 is 19.1 Å². The normalized spacial score (nSPS) is 15.8. The first-order valence-corrected chi connectivity index (χ1v) is 10.7. The summed E-state index contributed by atoms with van der Waals surface area (Å²) in [5.41, 5.74) is 10.4. The van der Waals surface area contributed by atoms with Crippen LogP contribution in [0.1, 0.15) is 43.4 Å². The second kappa shape index (κ2) is 10.0. The fourth-order valence-electron chi connectivity index (χ4n) is 4.01. The van der Waals surface area contributed by atoms with E-state index < -0.39 is 17.9 Å². The molecule has 0 aliphatic carbocycles. The lowest BCUT2D eigenvalue weighted by atomic mass is 9.80. The van der Waals surface area contributed by atoms with Gasteiger partial charge < -0.3 is 20.1 Å². The minimum absolute atomic E-state index is 0.150. The summed E-state index contributed by atoms with van der Waals surface area (Å²) in [6, 6.07) is 16.4. The molecule has 0 saturated carbocycles. The molecule has 1 heterocycles. The van der Waals surface area contributed by atoms with Crippen molar-refractivity contribution in [3.8, 4) is 6.07 Å². The Labute approximate surface area is 193 Å². The molecule has 170 valence electrons. The van der Waals surface area contributed by atoms with Crippen LogP contribution in [-0.4, -0.2) is 25.2 Å². The predicted octanol–water partition coefficient (Wildman–Crippen LogP) is 4.04. The van der Waals surface area contributed by atoms with Gasteiger partial charge in [-0.1, -0.05) is 24.3 Å². The highest BCUT2D eigenvalue weighted by atomic mass is 16.5. The van der Waals surface area contributed by atoms with Gasteiger partial charge in [0.1, 0.15) is 5.82 Å². The summed E-state index contributed by atoms with van der Waals surface area (Å²) < 4.78 is 10.7. The number of rotatable bonds is 6. The van der Waals surface area contributed by atoms with Gasteiger partial charge in [-0.05, 0) is 63.1 Å². The summed E-state index contributed by atoms with van der Waals surface area (Å²) >= 11 is 0. The maximum absolute atomic E-state index is 13.2. The molecular weight excluding hydrogens is 418 g/mol. The van der Waals surface area contributed by atoms with Crippen molar-refractivity contribution in [2.75, 3.05) is 18.1 Å². The number of esters is 2. The van der Waals surface area contributed by atoms with E-state index in [0.717, 1.165) is 5.56 Å². The molecule has 0 amide bonds. The summed E-state index contributed by atoms with van der Waals surface area (Å²) in [5.74, 6) is -1.79. The number of benzene rings is 2. The lowest BCUT2D eigenvalue weighted by molar-refractivity contribution is -0.139. The van der Waals surface area contributed by atoms with E-state index in [1.807, 2.05) is 31.2 Å². The van der Waals surface area contributed by atoms with E-state index >= 15 is 0 Å². The molecule has 1 aliphatic rings. The van der Waals surface area contributed by atoms with Crippen molar-refractivity contribution in [1.82, 2.24) is 0 Å². The van der Waals surface area contributed by atoms with E-state index in [9.17, 15) is 14.9 Å². The highest BCUT2D eigenvalue weighted by molar-refractivity contribution is 6.01. The van der Waals surface area contributed by atoms with Crippen LogP contribution in [0.3, 0.4) is 0 Å². The first-order valence-electron chi connectivity index (χ1n) is 10.7. The zero-order valence-corrected chi connectivity index (χ0v) is 19.2. The number of nitrogens with zero attached hydrogens (tertiary/aromatic N) is 2. The molecule has 2 N–H and O–H groups in total. The number of nitriles is 1. The van der Waals surface area contributed by atoms with E-state index in [1.165, 1.54) is 0 Å². The number of ether oxygens (including phenoxy) is 2. The standard InChI is InChI=1S/C26H27N3O4/c1-5-32-25(30)21-17(4)29(20-9-7-8-16(3)14-20)24(28)23(26(31)33-6-2)22(21)19-12-10-18(15-27)11-13-19/h7-14,22H,5-6,28H2,1-4H3. The third-order valence-electron chi connectivity index (χ3n) is 5.44. The first kappa shape index (κ1) is 23.6. The summed E-state index contributed by atoms with van der Waals surface area (Å²) in [4.78, 5) is 28.1. The van der Waals surface area contributed by atoms with Gasteiger partial charge in [0, 0.05) is 11.4 Å². The zero-order valence-electron chi connectivity index (χ0n) is 19.2. The number of anilines is 1. The Balaban J connectivity index is 2.32. The van der Waals surface area contributed by atoms with Crippen molar-refractivity contribution in [1.29, 1.82) is 5.26 Å². The van der Waals surface area contributed by atoms with Crippen molar-refractivity contribution >= 4 is 17.6 Å².